The molecule has 2 aliphatic carbocycles. The Hall–Kier alpha value is -2.75. The highest BCUT2D eigenvalue weighted by Gasteiger charge is 2.39. The molecule has 1 heterocycles. The molecular formula is C22H21N3O. The van der Waals surface area contributed by atoms with Crippen molar-refractivity contribution < 1.29 is 4.79 Å². The molecule has 2 atom stereocenters. The first kappa shape index (κ1) is 15.5. The average molecular weight is 343 g/mol. The van der Waals surface area contributed by atoms with E-state index in [0.717, 1.165) is 16.6 Å². The first-order valence-corrected chi connectivity index (χ1v) is 9.33. The van der Waals surface area contributed by atoms with Crippen molar-refractivity contribution in [1.29, 1.82) is 0 Å². The summed E-state index contributed by atoms with van der Waals surface area (Å²) in [7, 11) is 0. The minimum Gasteiger partial charge on any atom is -0.348 e. The standard InChI is InChI=1S/C22H21N3O/c1-13-2-4-14(5-3-13)12-23-22(26)17-8-9-18-19(11-17)25-21-16-7-6-15(10-16)20(21)24-18/h2-5,8-9,11,15-16H,6-7,10,12H2,1H3,(H,23,26). The Morgan fingerprint density at radius 1 is 1.00 bits per heavy atom. The van der Waals surface area contributed by atoms with Gasteiger partial charge in [-0.1, -0.05) is 29.8 Å². The number of amides is 1. The molecule has 0 radical (unpaired) electrons. The van der Waals surface area contributed by atoms with E-state index in [1.807, 2.05) is 30.3 Å². The molecule has 1 N–H and O–H groups in total. The van der Waals surface area contributed by atoms with Crippen LogP contribution in [0, 0.1) is 6.92 Å². The fraction of sp³-hybridized carbons (Fsp3) is 0.318. The van der Waals surface area contributed by atoms with E-state index in [-0.39, 0.29) is 5.91 Å². The van der Waals surface area contributed by atoms with Crippen LogP contribution in [-0.4, -0.2) is 15.9 Å². The van der Waals surface area contributed by atoms with Crippen molar-refractivity contribution in [2.45, 2.75) is 44.6 Å². The van der Waals surface area contributed by atoms with Crippen LogP contribution in [0.5, 0.6) is 0 Å². The zero-order chi connectivity index (χ0) is 17.7. The van der Waals surface area contributed by atoms with Crippen LogP contribution in [0.1, 0.15) is 64.0 Å². The van der Waals surface area contributed by atoms with Gasteiger partial charge in [0.25, 0.3) is 5.91 Å². The Kier molecular flexibility index (Phi) is 3.52. The van der Waals surface area contributed by atoms with Crippen molar-refractivity contribution in [3.63, 3.8) is 0 Å². The van der Waals surface area contributed by atoms with Gasteiger partial charge in [0.1, 0.15) is 0 Å². The Balaban J connectivity index is 1.39. The lowest BCUT2D eigenvalue weighted by Gasteiger charge is -2.14. The van der Waals surface area contributed by atoms with Gasteiger partial charge >= 0.3 is 0 Å². The molecule has 130 valence electrons. The summed E-state index contributed by atoms with van der Waals surface area (Å²) in [6, 6.07) is 13.8. The highest BCUT2D eigenvalue weighted by Crippen LogP contribution is 2.51. The van der Waals surface area contributed by atoms with Crippen LogP contribution in [0.4, 0.5) is 0 Å². The predicted molar refractivity (Wildman–Crippen MR) is 101 cm³/mol. The zero-order valence-electron chi connectivity index (χ0n) is 14.8. The Bertz CT molecular complexity index is 1010. The van der Waals surface area contributed by atoms with Crippen molar-refractivity contribution in [2.24, 2.45) is 0 Å². The highest BCUT2D eigenvalue weighted by molar-refractivity contribution is 5.97. The fourth-order valence-corrected chi connectivity index (χ4v) is 4.29. The first-order valence-electron chi connectivity index (χ1n) is 9.33. The average Bonchev–Trinajstić information content (AvgIpc) is 3.27. The van der Waals surface area contributed by atoms with Gasteiger partial charge in [0.05, 0.1) is 22.4 Å². The third-order valence-electron chi connectivity index (χ3n) is 5.76. The topological polar surface area (TPSA) is 54.9 Å². The molecule has 1 amide bonds. The number of fused-ring (bicyclic) bond motifs is 6. The van der Waals surface area contributed by atoms with E-state index in [0.29, 0.717) is 23.9 Å². The van der Waals surface area contributed by atoms with Gasteiger partial charge in [-0.2, -0.15) is 0 Å². The number of aryl methyl sites for hydroxylation is 1. The van der Waals surface area contributed by atoms with E-state index >= 15 is 0 Å². The van der Waals surface area contributed by atoms with Gasteiger partial charge in [-0.15, -0.1) is 0 Å². The number of benzene rings is 2. The molecular weight excluding hydrogens is 322 g/mol. The lowest BCUT2D eigenvalue weighted by atomic mass is 10.00. The number of hydrogen-bond acceptors (Lipinski definition) is 3. The van der Waals surface area contributed by atoms with Crippen molar-refractivity contribution >= 4 is 16.9 Å². The Morgan fingerprint density at radius 2 is 1.69 bits per heavy atom. The maximum Gasteiger partial charge on any atom is 0.251 e. The van der Waals surface area contributed by atoms with Crippen LogP contribution >= 0.6 is 0 Å². The maximum absolute atomic E-state index is 12.5. The number of hydrogen-bond donors (Lipinski definition) is 1. The van der Waals surface area contributed by atoms with Crippen LogP contribution < -0.4 is 5.32 Å². The summed E-state index contributed by atoms with van der Waals surface area (Å²) < 4.78 is 0. The fourth-order valence-electron chi connectivity index (χ4n) is 4.29. The minimum atomic E-state index is -0.0729. The molecule has 2 unspecified atom stereocenters. The Labute approximate surface area is 152 Å². The van der Waals surface area contributed by atoms with Gasteiger partial charge in [-0.25, -0.2) is 9.97 Å². The van der Waals surface area contributed by atoms with E-state index < -0.39 is 0 Å². The summed E-state index contributed by atoms with van der Waals surface area (Å²) >= 11 is 0. The first-order chi connectivity index (χ1) is 12.7. The van der Waals surface area contributed by atoms with Crippen LogP contribution in [0.15, 0.2) is 42.5 Å². The third kappa shape index (κ3) is 2.57. The van der Waals surface area contributed by atoms with E-state index in [4.69, 9.17) is 9.97 Å². The van der Waals surface area contributed by atoms with E-state index in [1.54, 1.807) is 0 Å². The lowest BCUT2D eigenvalue weighted by molar-refractivity contribution is 0.0951. The summed E-state index contributed by atoms with van der Waals surface area (Å²) in [6.45, 7) is 2.58. The largest absolute Gasteiger partial charge is 0.348 e. The molecule has 1 saturated carbocycles. The maximum atomic E-state index is 12.5. The van der Waals surface area contributed by atoms with Crippen molar-refractivity contribution in [1.82, 2.24) is 15.3 Å². The second kappa shape index (κ2) is 5.90. The highest BCUT2D eigenvalue weighted by atomic mass is 16.1. The number of carbonyl (C=O) groups excluding carboxylic acids is 1. The summed E-state index contributed by atoms with van der Waals surface area (Å²) in [5, 5.41) is 2.99. The minimum absolute atomic E-state index is 0.0729. The number of aromatic nitrogens is 2. The molecule has 2 bridgehead atoms. The summed E-state index contributed by atoms with van der Waals surface area (Å²) in [5.41, 5.74) is 7.05. The third-order valence-corrected chi connectivity index (χ3v) is 5.76. The Morgan fingerprint density at radius 3 is 2.42 bits per heavy atom. The molecule has 2 aromatic carbocycles. The monoisotopic (exact) mass is 343 g/mol. The zero-order valence-corrected chi connectivity index (χ0v) is 14.8. The number of carbonyl (C=O) groups is 1. The van der Waals surface area contributed by atoms with E-state index in [2.05, 4.69) is 24.4 Å². The number of nitrogens with one attached hydrogen (secondary N) is 1. The second-order valence-corrected chi connectivity index (χ2v) is 7.57. The normalized spacial score (nSPS) is 20.3. The summed E-state index contributed by atoms with van der Waals surface area (Å²) in [6.07, 6.45) is 3.68. The number of nitrogens with zero attached hydrogens (tertiary/aromatic N) is 2. The van der Waals surface area contributed by atoms with E-state index in [9.17, 15) is 4.79 Å². The van der Waals surface area contributed by atoms with Gasteiger partial charge in [0.15, 0.2) is 0 Å². The smallest absolute Gasteiger partial charge is 0.251 e. The SMILES string of the molecule is Cc1ccc(CNC(=O)c2ccc3nc4c(nc3c2)C2CCC4C2)cc1. The van der Waals surface area contributed by atoms with Crippen molar-refractivity contribution in [3.05, 3.63) is 70.5 Å². The summed E-state index contributed by atoms with van der Waals surface area (Å²) in [5.74, 6) is 1.10. The molecule has 1 aromatic heterocycles. The summed E-state index contributed by atoms with van der Waals surface area (Å²) in [4.78, 5) is 22.2. The predicted octanol–water partition coefficient (Wildman–Crippen LogP) is 4.23. The number of rotatable bonds is 3. The lowest BCUT2D eigenvalue weighted by Crippen LogP contribution is -2.22. The quantitative estimate of drug-likeness (QED) is 0.774. The van der Waals surface area contributed by atoms with Crippen LogP contribution in [0.3, 0.4) is 0 Å². The van der Waals surface area contributed by atoms with Gasteiger partial charge in [0.2, 0.25) is 0 Å². The van der Waals surface area contributed by atoms with E-state index in [1.165, 1.54) is 36.2 Å². The van der Waals surface area contributed by atoms with Crippen LogP contribution in [0.2, 0.25) is 0 Å². The molecule has 0 spiro atoms. The molecule has 2 aliphatic rings. The van der Waals surface area contributed by atoms with Crippen LogP contribution in [-0.2, 0) is 6.54 Å². The van der Waals surface area contributed by atoms with Gasteiger partial charge in [-0.3, -0.25) is 4.79 Å². The molecule has 0 saturated heterocycles. The molecule has 3 aromatic rings. The molecule has 1 fully saturated rings. The molecule has 26 heavy (non-hydrogen) atoms. The van der Waals surface area contributed by atoms with Gasteiger partial charge < -0.3 is 5.32 Å². The second-order valence-electron chi connectivity index (χ2n) is 7.57. The molecule has 0 aliphatic heterocycles. The van der Waals surface area contributed by atoms with Crippen molar-refractivity contribution in [2.75, 3.05) is 0 Å². The molecule has 4 heteroatoms. The van der Waals surface area contributed by atoms with Gasteiger partial charge in [-0.05, 0) is 49.9 Å². The molecule has 4 nitrogen and oxygen atoms in total. The molecule has 5 rings (SSSR count). The van der Waals surface area contributed by atoms with Crippen LogP contribution in [0.25, 0.3) is 11.0 Å². The van der Waals surface area contributed by atoms with Crippen molar-refractivity contribution in [3.8, 4) is 0 Å². The van der Waals surface area contributed by atoms with Gasteiger partial charge in [0, 0.05) is 23.9 Å².